The highest BCUT2D eigenvalue weighted by atomic mass is 32.2. The van der Waals surface area contributed by atoms with E-state index in [0.29, 0.717) is 5.70 Å². The number of nitrogens with zero attached hydrogens (tertiary/aromatic N) is 1. The normalized spacial score (nSPS) is 18.2. The number of hydrogen-bond acceptors (Lipinski definition) is 5. The first kappa shape index (κ1) is 12.0. The van der Waals surface area contributed by atoms with Crippen molar-refractivity contribution in [3.8, 4) is 0 Å². The van der Waals surface area contributed by atoms with E-state index in [1.54, 1.807) is 23.1 Å². The van der Waals surface area contributed by atoms with Gasteiger partial charge in [0.1, 0.15) is 10.1 Å². The Kier molecular flexibility index (Phi) is 3.89. The van der Waals surface area contributed by atoms with Gasteiger partial charge in [0.05, 0.1) is 0 Å². The molecule has 0 saturated carbocycles. The molecule has 0 aliphatic carbocycles. The van der Waals surface area contributed by atoms with E-state index in [1.807, 2.05) is 12.1 Å². The van der Waals surface area contributed by atoms with Crippen molar-refractivity contribution in [2.24, 2.45) is 4.99 Å². The Hall–Kier alpha value is -0.520. The van der Waals surface area contributed by atoms with Crippen LogP contribution >= 0.6 is 34.9 Å². The quantitative estimate of drug-likeness (QED) is 0.765. The van der Waals surface area contributed by atoms with Gasteiger partial charge in [-0.3, -0.25) is 4.79 Å². The molecule has 0 amide bonds. The molecule has 0 unspecified atom stereocenters. The molecule has 5 heteroatoms. The average molecular weight is 269 g/mol. The van der Waals surface area contributed by atoms with Crippen LogP contribution in [0.2, 0.25) is 0 Å². The van der Waals surface area contributed by atoms with Gasteiger partial charge in [0.2, 0.25) is 5.12 Å². The third kappa shape index (κ3) is 2.78. The molecule has 1 aromatic heterocycles. The van der Waals surface area contributed by atoms with Gasteiger partial charge in [-0.15, -0.1) is 11.3 Å². The smallest absolute Gasteiger partial charge is 0.244 e. The predicted molar refractivity (Wildman–Crippen MR) is 75.2 cm³/mol. The Morgan fingerprint density at radius 1 is 1.50 bits per heavy atom. The van der Waals surface area contributed by atoms with Crippen LogP contribution in [0.4, 0.5) is 0 Å². The standard InChI is InChI=1S/C11H11NOS3/c1-3-14-11-12-9(10(13)16-11)6-8-5-4-7(2)15-8/h4-6H,3H2,1-2H3/b9-6-. The highest BCUT2D eigenvalue weighted by Crippen LogP contribution is 2.31. The Balaban J connectivity index is 2.21. The fourth-order valence-electron chi connectivity index (χ4n) is 1.24. The van der Waals surface area contributed by atoms with Gasteiger partial charge in [0.15, 0.2) is 0 Å². The van der Waals surface area contributed by atoms with Crippen molar-refractivity contribution in [1.82, 2.24) is 0 Å². The van der Waals surface area contributed by atoms with Crippen molar-refractivity contribution in [3.05, 3.63) is 27.6 Å². The van der Waals surface area contributed by atoms with Crippen molar-refractivity contribution >= 4 is 50.4 Å². The van der Waals surface area contributed by atoms with Gasteiger partial charge in [0, 0.05) is 9.75 Å². The largest absolute Gasteiger partial charge is 0.279 e. The topological polar surface area (TPSA) is 29.4 Å². The molecule has 2 nitrogen and oxygen atoms in total. The zero-order chi connectivity index (χ0) is 11.5. The Morgan fingerprint density at radius 3 is 2.94 bits per heavy atom. The molecule has 0 spiro atoms. The molecule has 0 saturated heterocycles. The zero-order valence-electron chi connectivity index (χ0n) is 9.02. The molecular weight excluding hydrogens is 258 g/mol. The summed E-state index contributed by atoms with van der Waals surface area (Å²) < 4.78 is 0.868. The average Bonchev–Trinajstić information content (AvgIpc) is 2.76. The van der Waals surface area contributed by atoms with Gasteiger partial charge in [-0.05, 0) is 42.6 Å². The number of rotatable bonds is 2. The molecule has 1 aliphatic heterocycles. The molecule has 0 radical (unpaired) electrons. The summed E-state index contributed by atoms with van der Waals surface area (Å²) in [6, 6.07) is 4.07. The second-order valence-electron chi connectivity index (χ2n) is 3.18. The van der Waals surface area contributed by atoms with E-state index >= 15 is 0 Å². The van der Waals surface area contributed by atoms with Crippen LogP contribution in [-0.2, 0) is 4.79 Å². The molecule has 0 fully saturated rings. The van der Waals surface area contributed by atoms with Gasteiger partial charge in [-0.2, -0.15) is 0 Å². The summed E-state index contributed by atoms with van der Waals surface area (Å²) in [7, 11) is 0. The van der Waals surface area contributed by atoms with E-state index in [4.69, 9.17) is 0 Å². The van der Waals surface area contributed by atoms with Crippen LogP contribution in [-0.4, -0.2) is 15.2 Å². The van der Waals surface area contributed by atoms with E-state index in [2.05, 4.69) is 24.9 Å². The first-order valence-corrected chi connectivity index (χ1v) is 7.52. The van der Waals surface area contributed by atoms with Gasteiger partial charge in [-0.1, -0.05) is 18.7 Å². The molecule has 0 bridgehead atoms. The Morgan fingerprint density at radius 2 is 2.31 bits per heavy atom. The molecule has 16 heavy (non-hydrogen) atoms. The minimum absolute atomic E-state index is 0.0574. The van der Waals surface area contributed by atoms with Gasteiger partial charge in [0.25, 0.3) is 0 Å². The predicted octanol–water partition coefficient (Wildman–Crippen LogP) is 3.78. The number of hydrogen-bond donors (Lipinski definition) is 0. The van der Waals surface area contributed by atoms with Crippen LogP contribution in [0.25, 0.3) is 6.08 Å². The number of aryl methyl sites for hydroxylation is 1. The summed E-state index contributed by atoms with van der Waals surface area (Å²) in [5.41, 5.74) is 0.572. The lowest BCUT2D eigenvalue weighted by atomic mass is 10.3. The number of thiophene rings is 1. The third-order valence-corrected chi connectivity index (χ3v) is 4.75. The first-order chi connectivity index (χ1) is 7.69. The monoisotopic (exact) mass is 269 g/mol. The number of carbonyl (C=O) groups is 1. The molecule has 84 valence electrons. The Labute approximate surface area is 107 Å². The molecule has 2 rings (SSSR count). The first-order valence-electron chi connectivity index (χ1n) is 4.91. The zero-order valence-corrected chi connectivity index (χ0v) is 11.5. The van der Waals surface area contributed by atoms with Crippen LogP contribution in [0.1, 0.15) is 16.7 Å². The lowest BCUT2D eigenvalue weighted by Crippen LogP contribution is -1.87. The van der Waals surface area contributed by atoms with E-state index in [1.165, 1.54) is 16.6 Å². The summed E-state index contributed by atoms with van der Waals surface area (Å²) in [6.45, 7) is 4.11. The SMILES string of the molecule is CCSC1=N/C(=C\c2ccc(C)s2)C(=O)S1. The number of carbonyl (C=O) groups excluding carboxylic acids is 1. The van der Waals surface area contributed by atoms with Gasteiger partial charge in [-0.25, -0.2) is 4.99 Å². The molecule has 0 N–H and O–H groups in total. The molecule has 1 aromatic rings. The summed E-state index contributed by atoms with van der Waals surface area (Å²) in [6.07, 6.45) is 1.87. The van der Waals surface area contributed by atoms with E-state index < -0.39 is 0 Å². The van der Waals surface area contributed by atoms with E-state index in [-0.39, 0.29) is 5.12 Å². The molecule has 2 heterocycles. The summed E-state index contributed by atoms with van der Waals surface area (Å²) in [5.74, 6) is 0.949. The second-order valence-corrected chi connectivity index (χ2v) is 6.97. The maximum absolute atomic E-state index is 11.6. The fraction of sp³-hybridized carbons (Fsp3) is 0.273. The molecule has 1 aliphatic rings. The third-order valence-electron chi connectivity index (χ3n) is 1.91. The van der Waals surface area contributed by atoms with Crippen molar-refractivity contribution in [3.63, 3.8) is 0 Å². The summed E-state index contributed by atoms with van der Waals surface area (Å²) >= 11 is 4.53. The minimum Gasteiger partial charge on any atom is -0.279 e. The molecule has 0 aromatic carbocycles. The lowest BCUT2D eigenvalue weighted by molar-refractivity contribution is -0.107. The van der Waals surface area contributed by atoms with Crippen LogP contribution in [0, 0.1) is 6.92 Å². The van der Waals surface area contributed by atoms with Gasteiger partial charge >= 0.3 is 0 Å². The number of thioether (sulfide) groups is 2. The van der Waals surface area contributed by atoms with Gasteiger partial charge < -0.3 is 0 Å². The van der Waals surface area contributed by atoms with Crippen molar-refractivity contribution in [2.45, 2.75) is 13.8 Å². The van der Waals surface area contributed by atoms with Crippen molar-refractivity contribution in [1.29, 1.82) is 0 Å². The molecule has 0 atom stereocenters. The van der Waals surface area contributed by atoms with E-state index in [9.17, 15) is 4.79 Å². The summed E-state index contributed by atoms with van der Waals surface area (Å²) in [5, 5.41) is 0.0574. The Bertz CT molecular complexity index is 473. The van der Waals surface area contributed by atoms with Crippen LogP contribution in [0.3, 0.4) is 0 Å². The maximum Gasteiger partial charge on any atom is 0.244 e. The van der Waals surface area contributed by atoms with E-state index in [0.717, 1.165) is 15.0 Å². The highest BCUT2D eigenvalue weighted by Gasteiger charge is 2.21. The highest BCUT2D eigenvalue weighted by molar-refractivity contribution is 8.45. The van der Waals surface area contributed by atoms with Crippen LogP contribution < -0.4 is 0 Å². The maximum atomic E-state index is 11.6. The van der Waals surface area contributed by atoms with Crippen LogP contribution in [0.15, 0.2) is 22.8 Å². The van der Waals surface area contributed by atoms with Crippen LogP contribution in [0.5, 0.6) is 0 Å². The fourth-order valence-corrected chi connectivity index (χ4v) is 3.79. The second kappa shape index (κ2) is 5.21. The minimum atomic E-state index is 0.0574. The van der Waals surface area contributed by atoms with Crippen molar-refractivity contribution < 1.29 is 4.79 Å². The summed E-state index contributed by atoms with van der Waals surface area (Å²) in [4.78, 5) is 18.3. The number of aliphatic imine (C=N–C) groups is 1. The van der Waals surface area contributed by atoms with Crippen molar-refractivity contribution in [2.75, 3.05) is 5.75 Å². The molecular formula is C11H11NOS3. The lowest BCUT2D eigenvalue weighted by Gasteiger charge is -1.89.